The Bertz CT molecular complexity index is 873. The first-order valence-electron chi connectivity index (χ1n) is 7.31. The Balaban J connectivity index is 1.85. The lowest BCUT2D eigenvalue weighted by atomic mass is 9.92. The topological polar surface area (TPSA) is 78.5 Å². The highest BCUT2D eigenvalue weighted by atomic mass is 35.5. The molecule has 0 saturated carbocycles. The van der Waals surface area contributed by atoms with E-state index in [-0.39, 0.29) is 10.6 Å². The highest BCUT2D eigenvalue weighted by molar-refractivity contribution is 6.36. The third-order valence-corrected chi connectivity index (χ3v) is 4.48. The molecule has 2 N–H and O–H groups in total. The van der Waals surface area contributed by atoms with Crippen LogP contribution in [0, 0.1) is 0 Å². The summed E-state index contributed by atoms with van der Waals surface area (Å²) in [6, 6.07) is 12.3. The van der Waals surface area contributed by atoms with Gasteiger partial charge in [0, 0.05) is 5.02 Å². The van der Waals surface area contributed by atoms with Crippen molar-refractivity contribution in [2.45, 2.75) is 12.5 Å². The third-order valence-electron chi connectivity index (χ3n) is 3.93. The number of nitrogens with one attached hydrogen (secondary N) is 2. The minimum atomic E-state index is -1.27. The van der Waals surface area contributed by atoms with Crippen molar-refractivity contribution >= 4 is 41.0 Å². The number of benzene rings is 2. The summed E-state index contributed by atoms with van der Waals surface area (Å²) in [5, 5.41) is 3.73. The minimum Gasteiger partial charge on any atom is -0.318 e. The van der Waals surface area contributed by atoms with Crippen LogP contribution in [0.4, 0.5) is 4.79 Å². The lowest BCUT2D eigenvalue weighted by molar-refractivity contribution is -0.132. The summed E-state index contributed by atoms with van der Waals surface area (Å²) in [5.74, 6) is -1.29. The van der Waals surface area contributed by atoms with Crippen molar-refractivity contribution in [2.24, 2.45) is 0 Å². The van der Waals surface area contributed by atoms with Crippen LogP contribution in [0.2, 0.25) is 10.0 Å². The first-order chi connectivity index (χ1) is 11.8. The van der Waals surface area contributed by atoms with E-state index in [0.717, 1.165) is 0 Å². The van der Waals surface area contributed by atoms with Crippen LogP contribution in [0.3, 0.4) is 0 Å². The second-order valence-electron chi connectivity index (χ2n) is 5.63. The predicted molar refractivity (Wildman–Crippen MR) is 93.1 cm³/mol. The maximum absolute atomic E-state index is 12.7. The second-order valence-corrected chi connectivity index (χ2v) is 6.47. The van der Waals surface area contributed by atoms with Gasteiger partial charge in [-0.3, -0.25) is 15.0 Å². The van der Waals surface area contributed by atoms with E-state index in [1.807, 2.05) is 0 Å². The van der Waals surface area contributed by atoms with Crippen LogP contribution in [-0.4, -0.2) is 22.9 Å². The van der Waals surface area contributed by atoms with Crippen molar-refractivity contribution in [1.82, 2.24) is 15.8 Å². The normalized spacial score (nSPS) is 19.7. The summed E-state index contributed by atoms with van der Waals surface area (Å²) >= 11 is 11.8. The predicted octanol–water partition coefficient (Wildman–Crippen LogP) is 3.11. The van der Waals surface area contributed by atoms with E-state index in [2.05, 4.69) is 10.7 Å². The highest BCUT2D eigenvalue weighted by Gasteiger charge is 2.50. The monoisotopic (exact) mass is 377 g/mol. The first kappa shape index (κ1) is 17.3. The quantitative estimate of drug-likeness (QED) is 0.806. The molecule has 1 aliphatic rings. The zero-order valence-corrected chi connectivity index (χ0v) is 14.6. The highest BCUT2D eigenvalue weighted by Crippen LogP contribution is 2.28. The van der Waals surface area contributed by atoms with E-state index in [4.69, 9.17) is 23.2 Å². The fourth-order valence-electron chi connectivity index (χ4n) is 2.54. The fourth-order valence-corrected chi connectivity index (χ4v) is 3.04. The number of hydrogen-bond donors (Lipinski definition) is 2. The largest absolute Gasteiger partial charge is 0.344 e. The number of carbonyl (C=O) groups is 3. The van der Waals surface area contributed by atoms with Crippen LogP contribution in [0.5, 0.6) is 0 Å². The molecule has 128 valence electrons. The molecule has 0 spiro atoms. The van der Waals surface area contributed by atoms with Crippen molar-refractivity contribution in [3.05, 3.63) is 69.7 Å². The van der Waals surface area contributed by atoms with Crippen LogP contribution in [0.1, 0.15) is 22.8 Å². The summed E-state index contributed by atoms with van der Waals surface area (Å²) in [6.07, 6.45) is 0. The molecule has 1 saturated heterocycles. The minimum absolute atomic E-state index is 0.0972. The molecule has 1 unspecified atom stereocenters. The van der Waals surface area contributed by atoms with E-state index in [9.17, 15) is 14.4 Å². The Morgan fingerprint density at radius 1 is 1.12 bits per heavy atom. The number of hydrazine groups is 1. The molecule has 0 aliphatic carbocycles. The van der Waals surface area contributed by atoms with E-state index in [1.54, 1.807) is 37.3 Å². The molecule has 6 nitrogen and oxygen atoms in total. The Morgan fingerprint density at radius 3 is 2.44 bits per heavy atom. The number of rotatable bonds is 3. The molecule has 2 aromatic rings. The molecular formula is C17H13Cl2N3O3. The van der Waals surface area contributed by atoms with E-state index in [0.29, 0.717) is 15.6 Å². The summed E-state index contributed by atoms with van der Waals surface area (Å²) in [7, 11) is 0. The Kier molecular flexibility index (Phi) is 4.41. The maximum Gasteiger partial charge on any atom is 0.344 e. The summed E-state index contributed by atoms with van der Waals surface area (Å²) in [6.45, 7) is 1.57. The second kappa shape index (κ2) is 6.38. The van der Waals surface area contributed by atoms with Crippen LogP contribution in [0.25, 0.3) is 0 Å². The zero-order chi connectivity index (χ0) is 18.2. The van der Waals surface area contributed by atoms with Gasteiger partial charge < -0.3 is 5.32 Å². The molecule has 3 rings (SSSR count). The zero-order valence-electron chi connectivity index (χ0n) is 13.0. The molecule has 1 fully saturated rings. The number of nitrogens with zero attached hydrogens (tertiary/aromatic N) is 1. The van der Waals surface area contributed by atoms with Gasteiger partial charge in [0.15, 0.2) is 0 Å². The number of hydrogen-bond acceptors (Lipinski definition) is 3. The molecule has 1 heterocycles. The molecule has 4 amide bonds. The molecule has 0 aromatic heterocycles. The van der Waals surface area contributed by atoms with Gasteiger partial charge in [0.1, 0.15) is 5.54 Å². The van der Waals surface area contributed by atoms with Gasteiger partial charge in [-0.05, 0) is 30.7 Å². The van der Waals surface area contributed by atoms with Gasteiger partial charge in [-0.25, -0.2) is 4.79 Å². The van der Waals surface area contributed by atoms with Crippen molar-refractivity contribution < 1.29 is 14.4 Å². The van der Waals surface area contributed by atoms with Gasteiger partial charge in [-0.15, -0.1) is 0 Å². The van der Waals surface area contributed by atoms with E-state index < -0.39 is 23.4 Å². The Labute approximate surface area is 153 Å². The van der Waals surface area contributed by atoms with Crippen molar-refractivity contribution in [3.8, 4) is 0 Å². The van der Waals surface area contributed by atoms with Gasteiger partial charge in [0.2, 0.25) is 0 Å². The van der Waals surface area contributed by atoms with Crippen molar-refractivity contribution in [2.75, 3.05) is 0 Å². The SMILES string of the molecule is CC1(c2ccccc2)NC(=O)N(NC(=O)c2ccc(Cl)cc2Cl)C1=O. The van der Waals surface area contributed by atoms with Crippen molar-refractivity contribution in [1.29, 1.82) is 0 Å². The van der Waals surface area contributed by atoms with Crippen molar-refractivity contribution in [3.63, 3.8) is 0 Å². The van der Waals surface area contributed by atoms with Gasteiger partial charge in [0.05, 0.1) is 10.6 Å². The molecular weight excluding hydrogens is 365 g/mol. The Morgan fingerprint density at radius 2 is 1.80 bits per heavy atom. The van der Waals surface area contributed by atoms with Gasteiger partial charge >= 0.3 is 6.03 Å². The van der Waals surface area contributed by atoms with E-state index >= 15 is 0 Å². The first-order valence-corrected chi connectivity index (χ1v) is 8.07. The summed E-state index contributed by atoms with van der Waals surface area (Å²) < 4.78 is 0. The van der Waals surface area contributed by atoms with Crippen LogP contribution >= 0.6 is 23.2 Å². The molecule has 1 atom stereocenters. The van der Waals surface area contributed by atoms with Gasteiger partial charge in [-0.2, -0.15) is 5.01 Å². The van der Waals surface area contributed by atoms with Crippen LogP contribution in [0.15, 0.2) is 48.5 Å². The number of imide groups is 1. The summed E-state index contributed by atoms with van der Waals surface area (Å²) in [4.78, 5) is 37.3. The molecule has 2 aromatic carbocycles. The van der Waals surface area contributed by atoms with Gasteiger partial charge in [0.25, 0.3) is 11.8 Å². The Hall–Kier alpha value is -2.57. The molecule has 0 bridgehead atoms. The molecule has 1 aliphatic heterocycles. The van der Waals surface area contributed by atoms with E-state index in [1.165, 1.54) is 18.2 Å². The summed E-state index contributed by atoms with van der Waals surface area (Å²) in [5.41, 5.74) is 1.72. The number of carbonyl (C=O) groups excluding carboxylic acids is 3. The average Bonchev–Trinajstić information content (AvgIpc) is 2.80. The van der Waals surface area contributed by atoms with Crippen LogP contribution < -0.4 is 10.7 Å². The molecule has 8 heteroatoms. The number of urea groups is 1. The average molecular weight is 378 g/mol. The van der Waals surface area contributed by atoms with Crippen LogP contribution in [-0.2, 0) is 10.3 Å². The molecule has 0 radical (unpaired) electrons. The fraction of sp³-hybridized carbons (Fsp3) is 0.118. The lowest BCUT2D eigenvalue weighted by Crippen LogP contribution is -2.48. The maximum atomic E-state index is 12.7. The van der Waals surface area contributed by atoms with Gasteiger partial charge in [-0.1, -0.05) is 53.5 Å². The number of halogens is 2. The number of amides is 4. The lowest BCUT2D eigenvalue weighted by Gasteiger charge is -2.22. The third kappa shape index (κ3) is 3.06. The standard InChI is InChI=1S/C17H13Cl2N3O3/c1-17(10-5-3-2-4-6-10)15(24)22(16(25)20-17)21-14(23)12-8-7-11(18)9-13(12)19/h2-9H,1H3,(H,20,25)(H,21,23). The smallest absolute Gasteiger partial charge is 0.318 e. The molecule has 25 heavy (non-hydrogen) atoms.